The second kappa shape index (κ2) is 7.71. The van der Waals surface area contributed by atoms with Gasteiger partial charge in [-0.15, -0.1) is 0 Å². The first-order chi connectivity index (χ1) is 12.2. The summed E-state index contributed by atoms with van der Waals surface area (Å²) in [6, 6.07) is 21.2. The summed E-state index contributed by atoms with van der Waals surface area (Å²) in [6.07, 6.45) is 0.00943. The van der Waals surface area contributed by atoms with Crippen LogP contribution in [0.2, 0.25) is 0 Å². The van der Waals surface area contributed by atoms with Gasteiger partial charge in [-0.3, -0.25) is 4.79 Å². The van der Waals surface area contributed by atoms with E-state index in [1.54, 1.807) is 13.2 Å². The number of anilines is 1. The van der Waals surface area contributed by atoms with Gasteiger partial charge < -0.3 is 14.8 Å². The predicted octanol–water partition coefficient (Wildman–Crippen LogP) is 4.64. The number of nitrogens with one attached hydrogen (secondary N) is 1. The number of fused-ring (bicyclic) bond motifs is 1. The van der Waals surface area contributed by atoms with Crippen molar-refractivity contribution in [3.63, 3.8) is 0 Å². The van der Waals surface area contributed by atoms with Crippen molar-refractivity contribution in [3.05, 3.63) is 66.7 Å². The number of ether oxygens (including phenoxy) is 2. The second-order valence-corrected chi connectivity index (χ2v) is 5.74. The van der Waals surface area contributed by atoms with Crippen LogP contribution in [0.4, 0.5) is 5.69 Å². The smallest absolute Gasteiger partial charge is 0.265 e. The molecule has 25 heavy (non-hydrogen) atoms. The van der Waals surface area contributed by atoms with Crippen molar-refractivity contribution >= 4 is 22.4 Å². The molecule has 128 valence electrons. The number of carbonyl (C=O) groups is 1. The summed E-state index contributed by atoms with van der Waals surface area (Å²) < 4.78 is 11.1. The van der Waals surface area contributed by atoms with Crippen LogP contribution >= 0.6 is 0 Å². The summed E-state index contributed by atoms with van der Waals surface area (Å²) in [7, 11) is 1.60. The highest BCUT2D eigenvalue weighted by Gasteiger charge is 2.19. The van der Waals surface area contributed by atoms with E-state index in [0.717, 1.165) is 10.8 Å². The van der Waals surface area contributed by atoms with Gasteiger partial charge in [0.1, 0.15) is 11.5 Å². The van der Waals surface area contributed by atoms with E-state index in [9.17, 15) is 4.79 Å². The highest BCUT2D eigenvalue weighted by Crippen LogP contribution is 2.23. The minimum absolute atomic E-state index is 0.177. The molecule has 3 rings (SSSR count). The lowest BCUT2D eigenvalue weighted by molar-refractivity contribution is -0.122. The van der Waals surface area contributed by atoms with Crippen LogP contribution in [-0.2, 0) is 4.79 Å². The van der Waals surface area contributed by atoms with Crippen molar-refractivity contribution in [2.24, 2.45) is 0 Å². The fourth-order valence-corrected chi connectivity index (χ4v) is 2.65. The molecule has 0 saturated heterocycles. The Hall–Kier alpha value is -3.01. The molecule has 3 aromatic carbocycles. The SMILES string of the molecule is CCC(Oc1ccc2ccccc2c1)C(=O)Nc1cccc(OC)c1. The molecule has 0 aromatic heterocycles. The van der Waals surface area contributed by atoms with Gasteiger partial charge >= 0.3 is 0 Å². The Morgan fingerprint density at radius 3 is 2.52 bits per heavy atom. The van der Waals surface area contributed by atoms with Gasteiger partial charge in [-0.2, -0.15) is 0 Å². The average molecular weight is 335 g/mol. The standard InChI is InChI=1S/C21H21NO3/c1-3-20(21(23)22-17-9-6-10-18(14-17)24-2)25-19-12-11-15-7-4-5-8-16(15)13-19/h4-14,20H,3H2,1-2H3,(H,22,23). The maximum atomic E-state index is 12.5. The zero-order valence-corrected chi connectivity index (χ0v) is 14.4. The Morgan fingerprint density at radius 1 is 0.960 bits per heavy atom. The summed E-state index contributed by atoms with van der Waals surface area (Å²) in [5, 5.41) is 5.11. The van der Waals surface area contributed by atoms with Crippen molar-refractivity contribution in [1.82, 2.24) is 0 Å². The van der Waals surface area contributed by atoms with E-state index in [0.29, 0.717) is 23.6 Å². The van der Waals surface area contributed by atoms with Crippen LogP contribution in [0.5, 0.6) is 11.5 Å². The van der Waals surface area contributed by atoms with E-state index < -0.39 is 6.10 Å². The molecule has 1 N–H and O–H groups in total. The number of hydrogen-bond donors (Lipinski definition) is 1. The largest absolute Gasteiger partial charge is 0.497 e. The molecule has 4 nitrogen and oxygen atoms in total. The van der Waals surface area contributed by atoms with Gasteiger partial charge in [0.15, 0.2) is 6.10 Å². The normalized spacial score (nSPS) is 11.8. The number of benzene rings is 3. The predicted molar refractivity (Wildman–Crippen MR) is 100 cm³/mol. The lowest BCUT2D eigenvalue weighted by atomic mass is 10.1. The van der Waals surface area contributed by atoms with Gasteiger partial charge in [0.25, 0.3) is 5.91 Å². The number of rotatable bonds is 6. The van der Waals surface area contributed by atoms with Gasteiger partial charge in [-0.25, -0.2) is 0 Å². The topological polar surface area (TPSA) is 47.6 Å². The van der Waals surface area contributed by atoms with Gasteiger partial charge in [-0.05, 0) is 41.5 Å². The summed E-state index contributed by atoms with van der Waals surface area (Å²) in [5.41, 5.74) is 0.685. The third-order valence-electron chi connectivity index (χ3n) is 4.00. The Balaban J connectivity index is 1.72. The molecule has 0 fully saturated rings. The molecule has 0 aliphatic heterocycles. The molecule has 0 saturated carbocycles. The Morgan fingerprint density at radius 2 is 1.76 bits per heavy atom. The van der Waals surface area contributed by atoms with E-state index in [2.05, 4.69) is 5.32 Å². The van der Waals surface area contributed by atoms with Crippen LogP contribution in [0.25, 0.3) is 10.8 Å². The first-order valence-corrected chi connectivity index (χ1v) is 8.30. The molecule has 0 bridgehead atoms. The molecule has 0 aliphatic rings. The van der Waals surface area contributed by atoms with Gasteiger partial charge in [0, 0.05) is 11.8 Å². The molecule has 4 heteroatoms. The fourth-order valence-electron chi connectivity index (χ4n) is 2.65. The number of amides is 1. The van der Waals surface area contributed by atoms with Crippen molar-refractivity contribution in [2.75, 3.05) is 12.4 Å². The molecule has 3 aromatic rings. The van der Waals surface area contributed by atoms with Gasteiger partial charge in [0.05, 0.1) is 7.11 Å². The minimum atomic E-state index is -0.563. The Kier molecular flexibility index (Phi) is 5.19. The monoisotopic (exact) mass is 335 g/mol. The highest BCUT2D eigenvalue weighted by molar-refractivity contribution is 5.94. The van der Waals surface area contributed by atoms with Crippen molar-refractivity contribution < 1.29 is 14.3 Å². The zero-order valence-electron chi connectivity index (χ0n) is 14.4. The third-order valence-corrected chi connectivity index (χ3v) is 4.00. The molecule has 1 unspecified atom stereocenters. The minimum Gasteiger partial charge on any atom is -0.497 e. The van der Waals surface area contributed by atoms with Crippen molar-refractivity contribution in [3.8, 4) is 11.5 Å². The maximum Gasteiger partial charge on any atom is 0.265 e. The third kappa shape index (κ3) is 4.10. The Labute approximate surface area is 147 Å². The lowest BCUT2D eigenvalue weighted by Crippen LogP contribution is -2.32. The quantitative estimate of drug-likeness (QED) is 0.713. The molecule has 1 amide bonds. The summed E-state index contributed by atoms with van der Waals surface area (Å²) >= 11 is 0. The second-order valence-electron chi connectivity index (χ2n) is 5.74. The molecule has 0 spiro atoms. The van der Waals surface area contributed by atoms with Crippen LogP contribution in [0, 0.1) is 0 Å². The zero-order chi connectivity index (χ0) is 17.6. The van der Waals surface area contributed by atoms with Crippen molar-refractivity contribution in [2.45, 2.75) is 19.4 Å². The van der Waals surface area contributed by atoms with Crippen LogP contribution in [-0.4, -0.2) is 19.1 Å². The highest BCUT2D eigenvalue weighted by atomic mass is 16.5. The molecule has 1 atom stereocenters. The first kappa shape index (κ1) is 16.8. The molecule has 0 aliphatic carbocycles. The van der Waals surface area contributed by atoms with E-state index in [-0.39, 0.29) is 5.91 Å². The van der Waals surface area contributed by atoms with Crippen LogP contribution in [0.3, 0.4) is 0 Å². The van der Waals surface area contributed by atoms with Crippen LogP contribution in [0.1, 0.15) is 13.3 Å². The van der Waals surface area contributed by atoms with E-state index in [1.165, 1.54) is 0 Å². The fraction of sp³-hybridized carbons (Fsp3) is 0.190. The number of hydrogen-bond acceptors (Lipinski definition) is 3. The number of methoxy groups -OCH3 is 1. The van der Waals surface area contributed by atoms with Crippen LogP contribution < -0.4 is 14.8 Å². The van der Waals surface area contributed by atoms with E-state index in [1.807, 2.05) is 67.6 Å². The Bertz CT molecular complexity index is 876. The maximum absolute atomic E-state index is 12.5. The number of carbonyl (C=O) groups excluding carboxylic acids is 1. The molecular weight excluding hydrogens is 314 g/mol. The first-order valence-electron chi connectivity index (χ1n) is 8.30. The van der Waals surface area contributed by atoms with E-state index >= 15 is 0 Å². The van der Waals surface area contributed by atoms with Gasteiger partial charge in [-0.1, -0.05) is 43.3 Å². The van der Waals surface area contributed by atoms with E-state index in [4.69, 9.17) is 9.47 Å². The van der Waals surface area contributed by atoms with Crippen molar-refractivity contribution in [1.29, 1.82) is 0 Å². The lowest BCUT2D eigenvalue weighted by Gasteiger charge is -2.18. The molecular formula is C21H21NO3. The summed E-state index contributed by atoms with van der Waals surface area (Å²) in [6.45, 7) is 1.93. The van der Waals surface area contributed by atoms with Crippen LogP contribution in [0.15, 0.2) is 66.7 Å². The summed E-state index contributed by atoms with van der Waals surface area (Å²) in [5.74, 6) is 1.21. The summed E-state index contributed by atoms with van der Waals surface area (Å²) in [4.78, 5) is 12.5. The average Bonchev–Trinajstić information content (AvgIpc) is 2.66. The molecule has 0 radical (unpaired) electrons. The van der Waals surface area contributed by atoms with Gasteiger partial charge in [0.2, 0.25) is 0 Å². The molecule has 0 heterocycles.